The Morgan fingerprint density at radius 1 is 1.64 bits per heavy atom. The van der Waals surface area contributed by atoms with Crippen LogP contribution in [0.2, 0.25) is 0 Å². The minimum Gasteiger partial charge on any atom is -0.357 e. The van der Waals surface area contributed by atoms with E-state index >= 15 is 0 Å². The fourth-order valence-electron chi connectivity index (χ4n) is 0.395. The lowest BCUT2D eigenvalue weighted by atomic mass is 10.1. The van der Waals surface area contributed by atoms with Crippen molar-refractivity contribution >= 4 is 20.4 Å². The van der Waals surface area contributed by atoms with Gasteiger partial charge in [-0.3, -0.25) is 4.79 Å². The van der Waals surface area contributed by atoms with Gasteiger partial charge < -0.3 is 10.1 Å². The number of hydrogen-bond donors (Lipinski definition) is 0. The largest absolute Gasteiger partial charge is 0.529 e. The first-order valence-electron chi connectivity index (χ1n) is 2.89. The summed E-state index contributed by atoms with van der Waals surface area (Å²) < 4.78 is 14.0. The van der Waals surface area contributed by atoms with Gasteiger partial charge in [-0.2, -0.15) is 0 Å². The van der Waals surface area contributed by atoms with E-state index in [0.717, 1.165) is 0 Å². The van der Waals surface area contributed by atoms with E-state index in [2.05, 4.69) is 9.31 Å². The molecule has 0 atom stereocenters. The fourth-order valence-corrected chi connectivity index (χ4v) is 0.592. The molecular weight excluding hydrogens is 167 g/mol. The number of nitrogens with zero attached hydrogens (tertiary/aromatic N) is 2. The molecule has 0 rings (SSSR count). The summed E-state index contributed by atoms with van der Waals surface area (Å²) in [5, 5.41) is 0. The summed E-state index contributed by atoms with van der Waals surface area (Å²) in [5.74, 6) is -1.37. The number of carbonyl (C=O) groups excluding carboxylic acids is 1. The van der Waals surface area contributed by atoms with Crippen LogP contribution >= 0.6 is 8.69 Å². The Balaban J connectivity index is 4.41. The first-order chi connectivity index (χ1) is 5.13. The van der Waals surface area contributed by atoms with Gasteiger partial charge in [-0.05, 0) is 0 Å². The summed E-state index contributed by atoms with van der Waals surface area (Å²) in [6.07, 6.45) is 0. The third-order valence-corrected chi connectivity index (χ3v) is 1.20. The van der Waals surface area contributed by atoms with Gasteiger partial charge in [0, 0.05) is 5.92 Å². The molecule has 0 bridgehead atoms. The summed E-state index contributed by atoms with van der Waals surface area (Å²) in [5.41, 5.74) is 8.18. The van der Waals surface area contributed by atoms with Crippen molar-refractivity contribution in [3.63, 3.8) is 0 Å². The van der Waals surface area contributed by atoms with Crippen LogP contribution in [0.1, 0.15) is 13.8 Å². The zero-order valence-corrected chi connectivity index (χ0v) is 7.04. The zero-order valence-electron chi connectivity index (χ0n) is 6.14. The number of hydrogen-bond acceptors (Lipinski definition) is 3. The highest BCUT2D eigenvalue weighted by atomic mass is 31.1. The first-order valence-corrected chi connectivity index (χ1v) is 3.62. The molecule has 0 aliphatic heterocycles. The van der Waals surface area contributed by atoms with Crippen molar-refractivity contribution in [1.82, 2.24) is 0 Å². The van der Waals surface area contributed by atoms with Gasteiger partial charge in [0.15, 0.2) is 0 Å². The Hall–Kier alpha value is -1.05. The van der Waals surface area contributed by atoms with E-state index in [1.54, 1.807) is 13.8 Å². The van der Waals surface area contributed by atoms with Gasteiger partial charge in [0.1, 0.15) is 0 Å². The van der Waals surface area contributed by atoms with Gasteiger partial charge in [-0.25, -0.2) is 4.57 Å². The third-order valence-electron chi connectivity index (χ3n) is 0.950. The van der Waals surface area contributed by atoms with Crippen LogP contribution in [0.4, 0.5) is 0 Å². The number of Topliss-reactive ketones (excluding diaryl/α,β-unsaturated/α-hetero) is 1. The zero-order chi connectivity index (χ0) is 8.85. The first kappa shape index (κ1) is 9.95. The van der Waals surface area contributed by atoms with Crippen molar-refractivity contribution in [3.05, 3.63) is 5.53 Å². The summed E-state index contributed by atoms with van der Waals surface area (Å²) in [6.45, 7) is 3.22. The second-order valence-electron chi connectivity index (χ2n) is 2.09. The maximum atomic E-state index is 10.9. The van der Waals surface area contributed by atoms with Crippen molar-refractivity contribution in [3.8, 4) is 0 Å². The molecule has 11 heavy (non-hydrogen) atoms. The van der Waals surface area contributed by atoms with Crippen LogP contribution in [0.25, 0.3) is 5.53 Å². The highest BCUT2D eigenvalue weighted by Gasteiger charge is 2.25. The maximum Gasteiger partial charge on any atom is 0.529 e. The molecule has 0 spiro atoms. The molecule has 0 aromatic rings. The molecule has 6 heteroatoms. The lowest BCUT2D eigenvalue weighted by Crippen LogP contribution is -2.20. The molecule has 0 fully saturated rings. The molecule has 0 saturated heterocycles. The number of carbonyl (C=O) groups is 1. The van der Waals surface area contributed by atoms with Crippen molar-refractivity contribution in [2.75, 3.05) is 0 Å². The van der Waals surface area contributed by atoms with Gasteiger partial charge in [-0.15, -0.1) is 4.79 Å². The van der Waals surface area contributed by atoms with Crippen molar-refractivity contribution in [2.24, 2.45) is 5.92 Å². The summed E-state index contributed by atoms with van der Waals surface area (Å²) >= 11 is 0. The minimum atomic E-state index is -0.706. The highest BCUT2D eigenvalue weighted by molar-refractivity contribution is 7.18. The molecule has 0 saturated carbocycles. The van der Waals surface area contributed by atoms with Crippen LogP contribution in [0, 0.1) is 5.92 Å². The van der Waals surface area contributed by atoms with E-state index in [9.17, 15) is 9.36 Å². The Labute approximate surface area is 65.3 Å². The Morgan fingerprint density at radius 2 is 2.18 bits per heavy atom. The van der Waals surface area contributed by atoms with Gasteiger partial charge >= 0.3 is 14.6 Å². The second-order valence-corrected chi connectivity index (χ2v) is 2.42. The van der Waals surface area contributed by atoms with Crippen LogP contribution in [-0.2, 0) is 13.9 Å². The third kappa shape index (κ3) is 3.03. The summed E-state index contributed by atoms with van der Waals surface area (Å²) in [7, 11) is -0.706. The van der Waals surface area contributed by atoms with E-state index in [4.69, 9.17) is 5.53 Å². The van der Waals surface area contributed by atoms with Gasteiger partial charge in [-0.1, -0.05) is 13.8 Å². The van der Waals surface area contributed by atoms with Crippen LogP contribution in [0.3, 0.4) is 0 Å². The summed E-state index contributed by atoms with van der Waals surface area (Å²) in [6, 6.07) is 0. The quantitative estimate of drug-likeness (QED) is 0.211. The lowest BCUT2D eigenvalue weighted by Gasteiger charge is -1.93. The molecular formula is C5H7N2O3P. The van der Waals surface area contributed by atoms with Gasteiger partial charge in [0.05, 0.1) is 0 Å². The van der Waals surface area contributed by atoms with Gasteiger partial charge in [0.25, 0.3) is 5.78 Å². The molecule has 0 aliphatic rings. The van der Waals surface area contributed by atoms with E-state index in [-0.39, 0.29) is 5.92 Å². The SMILES string of the molecule is CC(C)C(=O)C(=[N+]=[N-])OP=O. The van der Waals surface area contributed by atoms with E-state index < -0.39 is 20.4 Å². The standard InChI is InChI=1S/C5H7N2O3P/c1-3(2)4(8)5(7-6)10-11-9/h3H,1-2H3. The lowest BCUT2D eigenvalue weighted by molar-refractivity contribution is -0.122. The van der Waals surface area contributed by atoms with E-state index in [1.807, 2.05) is 0 Å². The number of ketones is 1. The molecule has 0 N–H and O–H groups in total. The molecule has 0 heterocycles. The van der Waals surface area contributed by atoms with Crippen LogP contribution in [0.15, 0.2) is 0 Å². The van der Waals surface area contributed by atoms with E-state index in [1.165, 1.54) is 0 Å². The van der Waals surface area contributed by atoms with E-state index in [0.29, 0.717) is 0 Å². The van der Waals surface area contributed by atoms with Crippen molar-refractivity contribution in [1.29, 1.82) is 0 Å². The average molecular weight is 174 g/mol. The van der Waals surface area contributed by atoms with Crippen molar-refractivity contribution in [2.45, 2.75) is 13.8 Å². The molecule has 0 unspecified atom stereocenters. The van der Waals surface area contributed by atoms with Gasteiger partial charge in [0.2, 0.25) is 0 Å². The molecule has 60 valence electrons. The van der Waals surface area contributed by atoms with Crippen LogP contribution < -0.4 is 0 Å². The Morgan fingerprint density at radius 3 is 2.45 bits per heavy atom. The van der Waals surface area contributed by atoms with Crippen LogP contribution in [-0.4, -0.2) is 16.5 Å². The fraction of sp³-hybridized carbons (Fsp3) is 0.600. The van der Waals surface area contributed by atoms with Crippen molar-refractivity contribution < 1.29 is 18.7 Å². The normalized spacial score (nSPS) is 9.36. The monoisotopic (exact) mass is 174 g/mol. The molecule has 0 aliphatic carbocycles. The second kappa shape index (κ2) is 4.72. The Kier molecular flexibility index (Phi) is 4.27. The van der Waals surface area contributed by atoms with Crippen LogP contribution in [0.5, 0.6) is 0 Å². The molecule has 5 nitrogen and oxygen atoms in total. The minimum absolute atomic E-state index is 0.345. The predicted octanol–water partition coefficient (Wildman–Crippen LogP) is 1.06. The average Bonchev–Trinajstić information content (AvgIpc) is 1.98. The topological polar surface area (TPSA) is 79.8 Å². The molecule has 0 aromatic carbocycles. The molecule has 0 aromatic heterocycles. The Bertz CT molecular complexity index is 220. The molecule has 0 radical (unpaired) electrons. The maximum absolute atomic E-state index is 10.9. The summed E-state index contributed by atoms with van der Waals surface area (Å²) in [4.78, 5) is 13.4. The highest BCUT2D eigenvalue weighted by Crippen LogP contribution is 2.01. The smallest absolute Gasteiger partial charge is 0.357 e. The number of rotatable bonds is 3. The molecule has 0 amide bonds. The predicted molar refractivity (Wildman–Crippen MR) is 37.2 cm³/mol.